The minimum Gasteiger partial charge on any atom is -0.444 e. The second-order valence-electron chi connectivity index (χ2n) is 7.15. The van der Waals surface area contributed by atoms with Gasteiger partial charge in [0.25, 0.3) is 0 Å². The lowest BCUT2D eigenvalue weighted by atomic mass is 9.91. The predicted octanol–water partition coefficient (Wildman–Crippen LogP) is 8.44. The molecule has 1 aromatic carbocycles. The van der Waals surface area contributed by atoms with Crippen LogP contribution >= 0.6 is 0 Å². The number of rotatable bonds is 4. The summed E-state index contributed by atoms with van der Waals surface area (Å²) >= 11 is 0. The molecule has 3 rings (SSSR count). The van der Waals surface area contributed by atoms with Gasteiger partial charge in [0, 0.05) is 7.62 Å². The Bertz CT molecular complexity index is 687. The molecule has 1 N–H and O–H groups in total. The average molecular weight is 427 g/mol. The van der Waals surface area contributed by atoms with E-state index >= 15 is 0 Å². The molecule has 2 aromatic rings. The highest BCUT2D eigenvalue weighted by molar-refractivity contribution is 5.84. The molecule has 1 fully saturated rings. The third-order valence-electron chi connectivity index (χ3n) is 4.49. The molecule has 0 spiro atoms. The highest BCUT2D eigenvalue weighted by atomic mass is 16.5. The largest absolute Gasteiger partial charge is 0.444 e. The third-order valence-corrected chi connectivity index (χ3v) is 4.49. The van der Waals surface area contributed by atoms with E-state index in [2.05, 4.69) is 49.5 Å². The standard InChI is InChI=1S/C13H12N2O2.C7H14.C5H10.C2H4.H2/c16-13(15-12-7-4-8-14-9-12)17-10-11-5-2-1-3-6-11;1-7-5-3-2-4-6-7;1-3-5-4-2;1-2;/h1-9H,10H2,(H,15,16);7H,2-6H2,1H3;3,5H,4H2,1-2H3;1-2H2;1H/b;;5-3+;;. The smallest absolute Gasteiger partial charge is 0.412 e. The predicted molar refractivity (Wildman–Crippen MR) is 135 cm³/mol. The van der Waals surface area contributed by atoms with Gasteiger partial charge in [-0.15, -0.1) is 13.2 Å². The number of aromatic nitrogens is 1. The van der Waals surface area contributed by atoms with Crippen molar-refractivity contribution in [3.8, 4) is 0 Å². The molecule has 1 heterocycles. The number of nitrogens with zero attached hydrogens (tertiary/aromatic N) is 1. The van der Waals surface area contributed by atoms with Crippen LogP contribution in [0.2, 0.25) is 0 Å². The number of carbonyl (C=O) groups excluding carboxylic acids is 1. The zero-order valence-electron chi connectivity index (χ0n) is 19.6. The summed E-state index contributed by atoms with van der Waals surface area (Å²) in [6, 6.07) is 13.0. The third kappa shape index (κ3) is 16.6. The van der Waals surface area contributed by atoms with Gasteiger partial charge in [-0.3, -0.25) is 10.3 Å². The van der Waals surface area contributed by atoms with Crippen LogP contribution in [0.25, 0.3) is 0 Å². The van der Waals surface area contributed by atoms with Gasteiger partial charge in [-0.05, 0) is 37.0 Å². The van der Waals surface area contributed by atoms with E-state index in [1.54, 1.807) is 24.5 Å². The van der Waals surface area contributed by atoms with Crippen LogP contribution in [0.5, 0.6) is 0 Å². The lowest BCUT2D eigenvalue weighted by Gasteiger charge is -2.15. The monoisotopic (exact) mass is 426 g/mol. The van der Waals surface area contributed by atoms with E-state index in [-0.39, 0.29) is 8.03 Å². The first-order chi connectivity index (χ1) is 15.2. The molecule has 4 heteroatoms. The molecule has 1 aliphatic rings. The first-order valence-corrected chi connectivity index (χ1v) is 11.1. The number of pyridine rings is 1. The van der Waals surface area contributed by atoms with Gasteiger partial charge in [0.15, 0.2) is 0 Å². The summed E-state index contributed by atoms with van der Waals surface area (Å²) < 4.78 is 5.05. The van der Waals surface area contributed by atoms with Crippen molar-refractivity contribution >= 4 is 11.8 Å². The fraction of sp³-hybridized carbons (Fsp3) is 0.407. The molecule has 0 bridgehead atoms. The molecule has 0 radical (unpaired) electrons. The first kappa shape index (κ1) is 28.1. The maximum Gasteiger partial charge on any atom is 0.412 e. The number of amides is 1. The van der Waals surface area contributed by atoms with Crippen molar-refractivity contribution in [2.45, 2.75) is 65.9 Å². The van der Waals surface area contributed by atoms with Crippen LogP contribution in [0.3, 0.4) is 0 Å². The Hall–Kier alpha value is -2.88. The minimum absolute atomic E-state index is 0. The second-order valence-corrected chi connectivity index (χ2v) is 7.15. The summed E-state index contributed by atoms with van der Waals surface area (Å²) in [4.78, 5) is 15.3. The Morgan fingerprint density at radius 2 is 1.84 bits per heavy atom. The van der Waals surface area contributed by atoms with Crippen molar-refractivity contribution in [3.63, 3.8) is 0 Å². The molecule has 0 unspecified atom stereocenters. The topological polar surface area (TPSA) is 51.2 Å². The van der Waals surface area contributed by atoms with Crippen molar-refractivity contribution in [2.75, 3.05) is 5.32 Å². The van der Waals surface area contributed by atoms with Crippen molar-refractivity contribution in [1.82, 2.24) is 4.98 Å². The molecular weight excluding hydrogens is 384 g/mol. The van der Waals surface area contributed by atoms with E-state index in [1.807, 2.05) is 37.3 Å². The molecule has 0 aliphatic heterocycles. The maximum atomic E-state index is 11.4. The van der Waals surface area contributed by atoms with Crippen LogP contribution in [-0.4, -0.2) is 11.1 Å². The van der Waals surface area contributed by atoms with E-state index in [1.165, 1.54) is 32.1 Å². The van der Waals surface area contributed by atoms with E-state index in [0.717, 1.165) is 17.9 Å². The minimum atomic E-state index is -0.484. The van der Waals surface area contributed by atoms with Crippen LogP contribution in [0.4, 0.5) is 10.5 Å². The molecule has 31 heavy (non-hydrogen) atoms. The van der Waals surface area contributed by atoms with Crippen LogP contribution in [0, 0.1) is 5.92 Å². The number of hydrogen-bond acceptors (Lipinski definition) is 3. The molecule has 1 saturated carbocycles. The highest BCUT2D eigenvalue weighted by Crippen LogP contribution is 2.22. The lowest BCUT2D eigenvalue weighted by Crippen LogP contribution is -2.13. The Labute approximate surface area is 190 Å². The molecular formula is C27H42N2O2. The molecule has 0 atom stereocenters. The zero-order valence-corrected chi connectivity index (χ0v) is 19.6. The molecule has 1 amide bonds. The van der Waals surface area contributed by atoms with E-state index in [4.69, 9.17) is 4.74 Å². The van der Waals surface area contributed by atoms with Gasteiger partial charge >= 0.3 is 6.09 Å². The number of ether oxygens (including phenoxy) is 1. The number of allylic oxidation sites excluding steroid dienone is 2. The first-order valence-electron chi connectivity index (χ1n) is 11.1. The molecule has 1 aromatic heterocycles. The Morgan fingerprint density at radius 1 is 1.16 bits per heavy atom. The van der Waals surface area contributed by atoms with Gasteiger partial charge in [-0.2, -0.15) is 0 Å². The fourth-order valence-corrected chi connectivity index (χ4v) is 2.86. The van der Waals surface area contributed by atoms with Gasteiger partial charge in [-0.1, -0.05) is 88.4 Å². The quantitative estimate of drug-likeness (QED) is 0.499. The Morgan fingerprint density at radius 3 is 2.29 bits per heavy atom. The van der Waals surface area contributed by atoms with Crippen LogP contribution in [0.15, 0.2) is 80.2 Å². The molecule has 4 nitrogen and oxygen atoms in total. The number of anilines is 1. The zero-order chi connectivity index (χ0) is 23.2. The summed E-state index contributed by atoms with van der Waals surface area (Å²) in [6.07, 6.45) is 15.5. The van der Waals surface area contributed by atoms with Gasteiger partial charge in [-0.25, -0.2) is 4.79 Å². The summed E-state index contributed by atoms with van der Waals surface area (Å²) in [5, 5.41) is 2.59. The Kier molecular flexibility index (Phi) is 18.5. The highest BCUT2D eigenvalue weighted by Gasteiger charge is 2.06. The number of benzene rings is 1. The number of carbonyl (C=O) groups is 1. The second kappa shape index (κ2) is 20.4. The maximum absolute atomic E-state index is 11.4. The van der Waals surface area contributed by atoms with E-state index < -0.39 is 6.09 Å². The summed E-state index contributed by atoms with van der Waals surface area (Å²) in [5.41, 5.74) is 1.57. The molecule has 0 saturated heterocycles. The van der Waals surface area contributed by atoms with Crippen molar-refractivity contribution in [3.05, 3.63) is 85.7 Å². The SMILES string of the molecule is C/C=C/CC.C=C.CC1CCCCC1.O=C(Nc1cccnc1)OCc1ccccc1.[HH]. The number of nitrogens with one attached hydrogen (secondary N) is 1. The molecule has 1 aliphatic carbocycles. The summed E-state index contributed by atoms with van der Waals surface area (Å²) in [6.45, 7) is 12.8. The van der Waals surface area contributed by atoms with Gasteiger partial charge in [0.1, 0.15) is 6.61 Å². The van der Waals surface area contributed by atoms with Gasteiger partial charge in [0.2, 0.25) is 0 Å². The van der Waals surface area contributed by atoms with Crippen molar-refractivity contribution in [1.29, 1.82) is 0 Å². The summed E-state index contributed by atoms with van der Waals surface area (Å²) in [5.74, 6) is 1.04. The van der Waals surface area contributed by atoms with Gasteiger partial charge < -0.3 is 4.74 Å². The van der Waals surface area contributed by atoms with Crippen LogP contribution < -0.4 is 5.32 Å². The van der Waals surface area contributed by atoms with Crippen molar-refractivity contribution in [2.24, 2.45) is 5.92 Å². The van der Waals surface area contributed by atoms with Crippen molar-refractivity contribution < 1.29 is 11.0 Å². The average Bonchev–Trinajstić information content (AvgIpc) is 2.82. The fourth-order valence-electron chi connectivity index (χ4n) is 2.86. The lowest BCUT2D eigenvalue weighted by molar-refractivity contribution is 0.155. The Balaban J connectivity index is 0. The van der Waals surface area contributed by atoms with Gasteiger partial charge in [0.05, 0.1) is 11.9 Å². The summed E-state index contributed by atoms with van der Waals surface area (Å²) in [7, 11) is 0. The van der Waals surface area contributed by atoms with E-state index in [0.29, 0.717) is 5.69 Å². The van der Waals surface area contributed by atoms with E-state index in [9.17, 15) is 4.79 Å². The molecule has 172 valence electrons. The van der Waals surface area contributed by atoms with Crippen LogP contribution in [0.1, 0.15) is 66.3 Å². The van der Waals surface area contributed by atoms with Crippen LogP contribution in [-0.2, 0) is 11.3 Å². The normalized spacial score (nSPS) is 12.7. The number of hydrogen-bond donors (Lipinski definition) is 1.